The number of rotatable bonds is 0. The van der Waals surface area contributed by atoms with E-state index in [9.17, 15) is 0 Å². The van der Waals surface area contributed by atoms with Gasteiger partial charge in [-0.25, -0.2) is 0 Å². The molecular weight excluding hydrogens is 74.1 g/mol. The summed E-state index contributed by atoms with van der Waals surface area (Å²) in [5.74, 6) is 2.68. The van der Waals surface area contributed by atoms with Crippen molar-refractivity contribution in [1.29, 1.82) is 0 Å². The molecule has 0 saturated carbocycles. The molecule has 0 N–H and O–H groups in total. The molecular formula is C5H8N. The molecule has 0 bridgehead atoms. The maximum Gasteiger partial charge on any atom is 0.0440 e. The standard InChI is InChI=1S/C5H8N/c1-4-5-6(2)3/h2H2,1,3H3. The summed E-state index contributed by atoms with van der Waals surface area (Å²) in [6.45, 7) is 1.78. The van der Waals surface area contributed by atoms with Crippen LogP contribution >= 0.6 is 0 Å². The predicted molar refractivity (Wildman–Crippen MR) is 26.6 cm³/mol. The lowest BCUT2D eigenvalue weighted by molar-refractivity contribution is 0.655. The first-order chi connectivity index (χ1) is 2.77. The largest absolute Gasteiger partial charge is 0.334 e. The summed E-state index contributed by atoms with van der Waals surface area (Å²) in [6, 6.07) is 2.68. The second-order valence-electron chi connectivity index (χ2n) is 1.06. The van der Waals surface area contributed by atoms with Crippen molar-refractivity contribution in [1.82, 2.24) is 4.90 Å². The molecule has 6 heavy (non-hydrogen) atoms. The molecule has 1 nitrogen and oxygen atoms in total. The zero-order valence-electron chi connectivity index (χ0n) is 4.15. The van der Waals surface area contributed by atoms with Crippen molar-refractivity contribution < 1.29 is 0 Å². The van der Waals surface area contributed by atoms with Crippen LogP contribution in [0.1, 0.15) is 6.92 Å². The van der Waals surface area contributed by atoms with Crippen LogP contribution in [0.3, 0.4) is 0 Å². The average Bonchev–Trinajstić information content (AvgIpc) is 1.35. The van der Waals surface area contributed by atoms with Crippen molar-refractivity contribution in [3.8, 4) is 12.0 Å². The van der Waals surface area contributed by atoms with Gasteiger partial charge in [-0.3, -0.25) is 0 Å². The number of nitrogens with zero attached hydrogens (tertiary/aromatic N) is 1. The van der Waals surface area contributed by atoms with Crippen LogP contribution in [0.25, 0.3) is 0 Å². The minimum Gasteiger partial charge on any atom is -0.334 e. The molecule has 0 aliphatic heterocycles. The Bertz CT molecular complexity index is 73.7. The minimum absolute atomic E-state index is 1.57. The van der Waals surface area contributed by atoms with E-state index in [1.807, 2.05) is 0 Å². The van der Waals surface area contributed by atoms with E-state index in [2.05, 4.69) is 19.0 Å². The zero-order chi connectivity index (χ0) is 4.99. The summed E-state index contributed by atoms with van der Waals surface area (Å²) >= 11 is 0. The van der Waals surface area contributed by atoms with Gasteiger partial charge >= 0.3 is 0 Å². The Morgan fingerprint density at radius 1 is 1.67 bits per heavy atom. The Labute approximate surface area is 39.0 Å². The molecule has 1 heteroatoms. The second-order valence-corrected chi connectivity index (χ2v) is 1.06. The molecule has 0 aromatic rings. The number of hydrogen-bond acceptors (Lipinski definition) is 1. The van der Waals surface area contributed by atoms with Crippen LogP contribution in [-0.4, -0.2) is 11.9 Å². The fourth-order valence-corrected chi connectivity index (χ4v) is 0.191. The lowest BCUT2D eigenvalue weighted by atomic mass is 10.7. The molecule has 0 aliphatic carbocycles. The van der Waals surface area contributed by atoms with Crippen LogP contribution in [0.2, 0.25) is 0 Å². The first-order valence-electron chi connectivity index (χ1n) is 1.74. The summed E-state index contributed by atoms with van der Waals surface area (Å²) < 4.78 is 0. The van der Waals surface area contributed by atoms with Crippen molar-refractivity contribution in [3.05, 3.63) is 7.05 Å². The average molecular weight is 82.1 g/mol. The highest BCUT2D eigenvalue weighted by atomic mass is 15.0. The van der Waals surface area contributed by atoms with E-state index in [0.29, 0.717) is 0 Å². The predicted octanol–water partition coefficient (Wildman–Crippen LogP) is 0.691. The van der Waals surface area contributed by atoms with E-state index in [0.717, 1.165) is 0 Å². The fraction of sp³-hybridized carbons (Fsp3) is 0.400. The Hall–Kier alpha value is -0.640. The molecule has 0 unspecified atom stereocenters. The highest BCUT2D eigenvalue weighted by Crippen LogP contribution is 1.64. The highest BCUT2D eigenvalue weighted by molar-refractivity contribution is 4.92. The van der Waals surface area contributed by atoms with Crippen LogP contribution in [0.4, 0.5) is 0 Å². The van der Waals surface area contributed by atoms with Crippen molar-refractivity contribution in [2.24, 2.45) is 0 Å². The summed E-state index contributed by atoms with van der Waals surface area (Å²) in [7, 11) is 5.29. The van der Waals surface area contributed by atoms with Gasteiger partial charge in [-0.2, -0.15) is 0 Å². The van der Waals surface area contributed by atoms with Gasteiger partial charge in [-0.1, -0.05) is 5.92 Å². The normalized spacial score (nSPS) is 5.83. The summed E-state index contributed by atoms with van der Waals surface area (Å²) in [5.41, 5.74) is 0. The second kappa shape index (κ2) is 2.59. The summed E-state index contributed by atoms with van der Waals surface area (Å²) in [4.78, 5) is 1.57. The van der Waals surface area contributed by atoms with E-state index in [1.165, 1.54) is 0 Å². The lowest BCUT2D eigenvalue weighted by Gasteiger charge is -1.94. The molecule has 0 saturated heterocycles. The quantitative estimate of drug-likeness (QED) is 0.307. The maximum atomic E-state index is 3.49. The molecule has 0 heterocycles. The SMILES string of the molecule is [CH2]N(C)C#CC. The Kier molecular flexibility index (Phi) is 2.31. The van der Waals surface area contributed by atoms with E-state index in [4.69, 9.17) is 0 Å². The Morgan fingerprint density at radius 3 is 2.17 bits per heavy atom. The van der Waals surface area contributed by atoms with Crippen LogP contribution in [0.15, 0.2) is 0 Å². The van der Waals surface area contributed by atoms with Gasteiger partial charge in [0, 0.05) is 20.1 Å². The first kappa shape index (κ1) is 5.36. The van der Waals surface area contributed by atoms with Gasteiger partial charge in [-0.15, -0.1) is 0 Å². The third-order valence-corrected chi connectivity index (χ3v) is 0.303. The zero-order valence-corrected chi connectivity index (χ0v) is 4.15. The van der Waals surface area contributed by atoms with Gasteiger partial charge in [0.1, 0.15) is 0 Å². The van der Waals surface area contributed by atoms with Crippen molar-refractivity contribution >= 4 is 0 Å². The van der Waals surface area contributed by atoms with Crippen molar-refractivity contribution in [2.75, 3.05) is 7.05 Å². The maximum absolute atomic E-state index is 3.49. The van der Waals surface area contributed by atoms with E-state index in [1.54, 1.807) is 18.9 Å². The Balaban J connectivity index is 3.20. The number of hydrogen-bond donors (Lipinski definition) is 0. The molecule has 0 aliphatic rings. The topological polar surface area (TPSA) is 3.24 Å². The van der Waals surface area contributed by atoms with Gasteiger partial charge in [0.25, 0.3) is 0 Å². The van der Waals surface area contributed by atoms with Crippen LogP contribution < -0.4 is 0 Å². The molecule has 0 amide bonds. The van der Waals surface area contributed by atoms with Gasteiger partial charge in [0.2, 0.25) is 0 Å². The lowest BCUT2D eigenvalue weighted by Crippen LogP contribution is -1.96. The van der Waals surface area contributed by atoms with Crippen molar-refractivity contribution in [2.45, 2.75) is 6.92 Å². The van der Waals surface area contributed by atoms with E-state index >= 15 is 0 Å². The highest BCUT2D eigenvalue weighted by Gasteiger charge is 1.65. The van der Waals surface area contributed by atoms with Crippen LogP contribution in [-0.2, 0) is 0 Å². The van der Waals surface area contributed by atoms with Gasteiger partial charge in [0.15, 0.2) is 0 Å². The third-order valence-electron chi connectivity index (χ3n) is 0.303. The third kappa shape index (κ3) is 3.36. The first-order valence-corrected chi connectivity index (χ1v) is 1.74. The summed E-state index contributed by atoms with van der Waals surface area (Å²) in [5, 5.41) is 0. The van der Waals surface area contributed by atoms with Gasteiger partial charge in [0.05, 0.1) is 0 Å². The molecule has 1 radical (unpaired) electrons. The van der Waals surface area contributed by atoms with E-state index < -0.39 is 0 Å². The monoisotopic (exact) mass is 82.1 g/mol. The molecule has 0 spiro atoms. The van der Waals surface area contributed by atoms with Crippen LogP contribution in [0.5, 0.6) is 0 Å². The summed E-state index contributed by atoms with van der Waals surface area (Å²) in [6.07, 6.45) is 0. The fourth-order valence-electron chi connectivity index (χ4n) is 0.191. The van der Waals surface area contributed by atoms with Gasteiger partial charge in [-0.05, 0) is 6.92 Å². The smallest absolute Gasteiger partial charge is 0.0440 e. The van der Waals surface area contributed by atoms with E-state index in [-0.39, 0.29) is 0 Å². The molecule has 33 valence electrons. The molecule has 0 fully saturated rings. The van der Waals surface area contributed by atoms with Crippen LogP contribution in [0, 0.1) is 19.0 Å². The minimum atomic E-state index is 1.57. The molecule has 0 aromatic heterocycles. The molecule has 0 aromatic carbocycles. The van der Waals surface area contributed by atoms with Crippen molar-refractivity contribution in [3.63, 3.8) is 0 Å². The van der Waals surface area contributed by atoms with Gasteiger partial charge < -0.3 is 4.90 Å². The Morgan fingerprint density at radius 2 is 2.17 bits per heavy atom. The molecule has 0 rings (SSSR count). The molecule has 0 atom stereocenters.